The minimum atomic E-state index is -0.361. The van der Waals surface area contributed by atoms with Crippen LogP contribution in [0.4, 0.5) is 0 Å². The smallest absolute Gasteiger partial charge is 0.169 e. The normalized spacial score (nSPS) is 8.67. The lowest BCUT2D eigenvalue weighted by atomic mass is 10.5. The number of hydrogen-bond donors (Lipinski definition) is 0. The lowest BCUT2D eigenvalue weighted by Crippen LogP contribution is -2.10. The van der Waals surface area contributed by atoms with Crippen LogP contribution >= 0.6 is 0 Å². The fraction of sp³-hybridized carbons (Fsp3) is 0.800. The Labute approximate surface area is 91.2 Å². The quantitative estimate of drug-likeness (QED) is 0.494. The molecular formula is C10H18N2O3. The van der Waals surface area contributed by atoms with E-state index >= 15 is 0 Å². The molecule has 0 aromatic heterocycles. The summed E-state index contributed by atoms with van der Waals surface area (Å²) in [4.78, 5) is 0. The number of ether oxygens (including phenoxy) is 3. The topological polar surface area (TPSA) is 75.3 Å². The van der Waals surface area contributed by atoms with Crippen LogP contribution in [0.3, 0.4) is 0 Å². The first kappa shape index (κ1) is 16.3. The van der Waals surface area contributed by atoms with E-state index < -0.39 is 0 Å². The monoisotopic (exact) mass is 214 g/mol. The molecule has 0 rings (SSSR count). The highest BCUT2D eigenvalue weighted by Gasteiger charge is 2.00. The molecule has 15 heavy (non-hydrogen) atoms. The van der Waals surface area contributed by atoms with Crippen LogP contribution in [0.2, 0.25) is 0 Å². The van der Waals surface area contributed by atoms with Crippen molar-refractivity contribution in [3.63, 3.8) is 0 Å². The van der Waals surface area contributed by atoms with E-state index in [9.17, 15) is 0 Å². The van der Waals surface area contributed by atoms with Crippen molar-refractivity contribution in [3.05, 3.63) is 0 Å². The number of methoxy groups -OCH3 is 2. The van der Waals surface area contributed by atoms with Crippen molar-refractivity contribution in [2.75, 3.05) is 27.4 Å². The molecule has 0 amide bonds. The number of nitrogens with zero attached hydrogens (tertiary/aromatic N) is 2. The van der Waals surface area contributed by atoms with Gasteiger partial charge >= 0.3 is 0 Å². The molecule has 0 aromatic carbocycles. The Morgan fingerprint density at radius 1 is 1.13 bits per heavy atom. The molecule has 0 saturated heterocycles. The van der Waals surface area contributed by atoms with Crippen molar-refractivity contribution in [2.24, 2.45) is 0 Å². The first-order valence-electron chi connectivity index (χ1n) is 4.63. The van der Waals surface area contributed by atoms with E-state index in [1.807, 2.05) is 19.1 Å². The average molecular weight is 214 g/mol. The van der Waals surface area contributed by atoms with E-state index in [1.165, 1.54) is 14.2 Å². The van der Waals surface area contributed by atoms with E-state index in [0.29, 0.717) is 19.6 Å². The van der Waals surface area contributed by atoms with Gasteiger partial charge < -0.3 is 14.2 Å². The average Bonchev–Trinajstić information content (AvgIpc) is 2.27. The largest absolute Gasteiger partial charge is 0.381 e. The maximum absolute atomic E-state index is 8.09. The van der Waals surface area contributed by atoms with Crippen LogP contribution < -0.4 is 0 Å². The third kappa shape index (κ3) is 15.6. The molecule has 86 valence electrons. The molecule has 0 N–H and O–H groups in total. The third-order valence-electron chi connectivity index (χ3n) is 1.35. The molecule has 5 nitrogen and oxygen atoms in total. The SMILES string of the molecule is CCOCCC#N.COC(CC#N)OC. The molecular weight excluding hydrogens is 196 g/mol. The number of hydrogen-bond acceptors (Lipinski definition) is 5. The second-order valence-corrected chi connectivity index (χ2v) is 2.37. The minimum Gasteiger partial charge on any atom is -0.381 e. The second kappa shape index (κ2) is 15.3. The summed E-state index contributed by atoms with van der Waals surface area (Å²) in [6.07, 6.45) is 0.431. The maximum Gasteiger partial charge on any atom is 0.169 e. The van der Waals surface area contributed by atoms with E-state index in [0.717, 1.165) is 0 Å². The standard InChI is InChI=1S/C5H9NO2.C5H9NO/c1-7-5(8-2)3-4-6;1-2-7-5-3-4-6/h5H,3H2,1-2H3;2-3,5H2,1H3. The molecule has 0 aliphatic carbocycles. The summed E-state index contributed by atoms with van der Waals surface area (Å²) in [7, 11) is 3.01. The highest BCUT2D eigenvalue weighted by atomic mass is 16.7. The van der Waals surface area contributed by atoms with Gasteiger partial charge in [0, 0.05) is 20.8 Å². The first-order chi connectivity index (χ1) is 7.26. The summed E-state index contributed by atoms with van der Waals surface area (Å²) in [5.41, 5.74) is 0. The van der Waals surface area contributed by atoms with Crippen molar-refractivity contribution < 1.29 is 14.2 Å². The van der Waals surface area contributed by atoms with Crippen LogP contribution in [0.5, 0.6) is 0 Å². The summed E-state index contributed by atoms with van der Waals surface area (Å²) in [6.45, 7) is 3.20. The molecule has 0 atom stereocenters. The Bertz CT molecular complexity index is 192. The molecule has 0 fully saturated rings. The van der Waals surface area contributed by atoms with Crippen LogP contribution in [0, 0.1) is 22.7 Å². The molecule has 0 radical (unpaired) electrons. The highest BCUT2D eigenvalue weighted by Crippen LogP contribution is 1.93. The van der Waals surface area contributed by atoms with Gasteiger partial charge in [0.1, 0.15) is 0 Å². The Morgan fingerprint density at radius 2 is 1.73 bits per heavy atom. The van der Waals surface area contributed by atoms with Crippen LogP contribution in [0.1, 0.15) is 19.8 Å². The van der Waals surface area contributed by atoms with Gasteiger partial charge in [-0.25, -0.2) is 0 Å². The van der Waals surface area contributed by atoms with Gasteiger partial charge in [0.15, 0.2) is 6.29 Å². The summed E-state index contributed by atoms with van der Waals surface area (Å²) < 4.78 is 14.2. The Kier molecular flexibility index (Phi) is 16.7. The molecule has 0 spiro atoms. The van der Waals surface area contributed by atoms with E-state index in [1.54, 1.807) is 0 Å². The van der Waals surface area contributed by atoms with Gasteiger partial charge in [-0.1, -0.05) is 0 Å². The van der Waals surface area contributed by atoms with Gasteiger partial charge in [-0.2, -0.15) is 10.5 Å². The summed E-state index contributed by atoms with van der Waals surface area (Å²) in [6, 6.07) is 3.90. The van der Waals surface area contributed by atoms with Crippen LogP contribution in [0.25, 0.3) is 0 Å². The number of nitriles is 2. The predicted molar refractivity (Wildman–Crippen MR) is 54.8 cm³/mol. The van der Waals surface area contributed by atoms with E-state index in [4.69, 9.17) is 24.7 Å². The van der Waals surface area contributed by atoms with Gasteiger partial charge in [-0.3, -0.25) is 0 Å². The van der Waals surface area contributed by atoms with Gasteiger partial charge in [0.05, 0.1) is 31.6 Å². The van der Waals surface area contributed by atoms with Crippen molar-refractivity contribution in [1.29, 1.82) is 10.5 Å². The maximum atomic E-state index is 8.09. The molecule has 0 aromatic rings. The molecule has 0 aliphatic rings. The lowest BCUT2D eigenvalue weighted by Gasteiger charge is -2.06. The van der Waals surface area contributed by atoms with E-state index in [-0.39, 0.29) is 12.7 Å². The molecule has 0 aliphatic heterocycles. The molecule has 0 heterocycles. The molecule has 5 heteroatoms. The first-order valence-corrected chi connectivity index (χ1v) is 4.63. The lowest BCUT2D eigenvalue weighted by molar-refractivity contribution is -0.0975. The summed E-state index contributed by atoms with van der Waals surface area (Å²) >= 11 is 0. The van der Waals surface area contributed by atoms with Crippen LogP contribution in [-0.2, 0) is 14.2 Å². The molecule has 0 unspecified atom stereocenters. The Balaban J connectivity index is 0. The predicted octanol–water partition coefficient (Wildman–Crippen LogP) is 1.46. The Hall–Kier alpha value is -1.14. The van der Waals surface area contributed by atoms with Gasteiger partial charge in [-0.15, -0.1) is 0 Å². The molecule has 0 saturated carbocycles. The van der Waals surface area contributed by atoms with Gasteiger partial charge in [0.2, 0.25) is 0 Å². The van der Waals surface area contributed by atoms with E-state index in [2.05, 4.69) is 0 Å². The zero-order valence-electron chi connectivity index (χ0n) is 9.52. The van der Waals surface area contributed by atoms with Crippen molar-refractivity contribution in [2.45, 2.75) is 26.1 Å². The Morgan fingerprint density at radius 3 is 2.00 bits per heavy atom. The highest BCUT2D eigenvalue weighted by molar-refractivity contribution is 4.70. The summed E-state index contributed by atoms with van der Waals surface area (Å²) in [5, 5.41) is 16.1. The minimum absolute atomic E-state index is 0.285. The van der Waals surface area contributed by atoms with Gasteiger partial charge in [0.25, 0.3) is 0 Å². The summed E-state index contributed by atoms with van der Waals surface area (Å²) in [5.74, 6) is 0. The third-order valence-corrected chi connectivity index (χ3v) is 1.35. The fourth-order valence-corrected chi connectivity index (χ4v) is 0.600. The number of rotatable bonds is 6. The van der Waals surface area contributed by atoms with Gasteiger partial charge in [-0.05, 0) is 6.92 Å². The van der Waals surface area contributed by atoms with Crippen LogP contribution in [-0.4, -0.2) is 33.7 Å². The zero-order valence-corrected chi connectivity index (χ0v) is 9.52. The van der Waals surface area contributed by atoms with Crippen molar-refractivity contribution >= 4 is 0 Å². The van der Waals surface area contributed by atoms with Crippen molar-refractivity contribution in [3.8, 4) is 12.1 Å². The second-order valence-electron chi connectivity index (χ2n) is 2.37. The molecule has 0 bridgehead atoms. The van der Waals surface area contributed by atoms with Crippen molar-refractivity contribution in [1.82, 2.24) is 0 Å². The van der Waals surface area contributed by atoms with Crippen LogP contribution in [0.15, 0.2) is 0 Å². The fourth-order valence-electron chi connectivity index (χ4n) is 0.600. The zero-order chi connectivity index (χ0) is 11.9.